The van der Waals surface area contributed by atoms with E-state index in [4.69, 9.17) is 5.21 Å². The van der Waals surface area contributed by atoms with Crippen molar-refractivity contribution in [3.63, 3.8) is 0 Å². The average Bonchev–Trinajstić information content (AvgIpc) is 2.09. The molecule has 0 saturated heterocycles. The Labute approximate surface area is 79.8 Å². The van der Waals surface area contributed by atoms with E-state index in [1.54, 1.807) is 0 Å². The highest BCUT2D eigenvalue weighted by atomic mass is 79.9. The van der Waals surface area contributed by atoms with Crippen molar-refractivity contribution in [2.24, 2.45) is 5.16 Å². The van der Waals surface area contributed by atoms with E-state index in [9.17, 15) is 13.2 Å². The summed E-state index contributed by atoms with van der Waals surface area (Å²) in [5, 5.41) is 10.4. The third-order valence-corrected chi connectivity index (χ3v) is 1.91. The third kappa shape index (κ3) is 1.82. The Morgan fingerprint density at radius 2 is 1.92 bits per heavy atom. The van der Waals surface area contributed by atoms with Gasteiger partial charge in [0.2, 0.25) is 0 Å². The van der Waals surface area contributed by atoms with Crippen LogP contribution in [0.4, 0.5) is 13.2 Å². The SMILES string of the molecule is ON=Cc1c(F)cc(Br)c(F)c1F. The molecular weight excluding hydrogens is 251 g/mol. The van der Waals surface area contributed by atoms with Crippen molar-refractivity contribution in [3.8, 4) is 0 Å². The van der Waals surface area contributed by atoms with E-state index >= 15 is 0 Å². The van der Waals surface area contributed by atoms with Crippen LogP contribution in [0.5, 0.6) is 0 Å². The second-order valence-corrected chi connectivity index (χ2v) is 2.98. The van der Waals surface area contributed by atoms with E-state index in [1.165, 1.54) is 0 Å². The Hall–Kier alpha value is -1.04. The summed E-state index contributed by atoms with van der Waals surface area (Å²) < 4.78 is 38.1. The van der Waals surface area contributed by atoms with Crippen molar-refractivity contribution in [2.45, 2.75) is 0 Å². The van der Waals surface area contributed by atoms with Crippen molar-refractivity contribution < 1.29 is 18.4 Å². The Morgan fingerprint density at radius 1 is 1.31 bits per heavy atom. The third-order valence-electron chi connectivity index (χ3n) is 1.34. The zero-order valence-corrected chi connectivity index (χ0v) is 7.65. The van der Waals surface area contributed by atoms with E-state index in [0.717, 1.165) is 6.07 Å². The maximum absolute atomic E-state index is 12.9. The number of rotatable bonds is 1. The molecule has 0 bridgehead atoms. The largest absolute Gasteiger partial charge is 0.411 e. The number of halogens is 4. The lowest BCUT2D eigenvalue weighted by Crippen LogP contribution is -1.99. The van der Waals surface area contributed by atoms with Crippen LogP contribution >= 0.6 is 15.9 Å². The lowest BCUT2D eigenvalue weighted by molar-refractivity contribution is 0.321. The van der Waals surface area contributed by atoms with Crippen LogP contribution in [0.15, 0.2) is 15.7 Å². The summed E-state index contributed by atoms with van der Waals surface area (Å²) in [5.74, 6) is -3.63. The summed E-state index contributed by atoms with van der Waals surface area (Å²) in [6, 6.07) is 0.745. The van der Waals surface area contributed by atoms with Gasteiger partial charge in [-0.05, 0) is 22.0 Å². The Bertz CT molecular complexity index is 367. The highest BCUT2D eigenvalue weighted by molar-refractivity contribution is 9.10. The predicted octanol–water partition coefficient (Wildman–Crippen LogP) is 2.67. The summed E-state index contributed by atoms with van der Waals surface area (Å²) in [6.45, 7) is 0. The number of nitrogens with zero attached hydrogens (tertiary/aromatic N) is 1. The van der Waals surface area contributed by atoms with Gasteiger partial charge in [-0.2, -0.15) is 0 Å². The average molecular weight is 254 g/mol. The van der Waals surface area contributed by atoms with Crippen LogP contribution in [-0.4, -0.2) is 11.4 Å². The Balaban J connectivity index is 3.43. The van der Waals surface area contributed by atoms with Crippen molar-refractivity contribution in [3.05, 3.63) is 33.6 Å². The monoisotopic (exact) mass is 253 g/mol. The molecule has 0 unspecified atom stereocenters. The van der Waals surface area contributed by atoms with E-state index in [1.807, 2.05) is 0 Å². The molecule has 0 aliphatic rings. The van der Waals surface area contributed by atoms with Gasteiger partial charge in [-0.15, -0.1) is 0 Å². The fourth-order valence-corrected chi connectivity index (χ4v) is 1.13. The summed E-state index contributed by atoms with van der Waals surface area (Å²) in [6.07, 6.45) is 0.486. The molecule has 0 saturated carbocycles. The first-order valence-electron chi connectivity index (χ1n) is 3.08. The van der Waals surface area contributed by atoms with Gasteiger partial charge >= 0.3 is 0 Å². The maximum Gasteiger partial charge on any atom is 0.173 e. The molecular formula is C7H3BrF3NO. The normalized spacial score (nSPS) is 11.1. The molecule has 0 heterocycles. The van der Waals surface area contributed by atoms with Crippen LogP contribution in [0.2, 0.25) is 0 Å². The van der Waals surface area contributed by atoms with E-state index in [0.29, 0.717) is 6.21 Å². The molecule has 0 aliphatic heterocycles. The zero-order valence-electron chi connectivity index (χ0n) is 6.06. The smallest absolute Gasteiger partial charge is 0.173 e. The molecule has 0 atom stereocenters. The Morgan fingerprint density at radius 3 is 2.46 bits per heavy atom. The highest BCUT2D eigenvalue weighted by Gasteiger charge is 2.15. The molecule has 0 amide bonds. The van der Waals surface area contributed by atoms with Crippen LogP contribution in [0.1, 0.15) is 5.56 Å². The first-order chi connectivity index (χ1) is 6.07. The second-order valence-electron chi connectivity index (χ2n) is 2.13. The van der Waals surface area contributed by atoms with Crippen molar-refractivity contribution in [1.29, 1.82) is 0 Å². The van der Waals surface area contributed by atoms with Gasteiger partial charge in [0.15, 0.2) is 11.6 Å². The van der Waals surface area contributed by atoms with E-state index in [-0.39, 0.29) is 4.47 Å². The van der Waals surface area contributed by atoms with Gasteiger partial charge in [0.05, 0.1) is 16.3 Å². The molecule has 1 N–H and O–H groups in total. The molecule has 0 spiro atoms. The quantitative estimate of drug-likeness (QED) is 0.270. The second kappa shape index (κ2) is 3.78. The number of hydrogen-bond acceptors (Lipinski definition) is 2. The predicted molar refractivity (Wildman–Crippen MR) is 43.4 cm³/mol. The van der Waals surface area contributed by atoms with Crippen LogP contribution < -0.4 is 0 Å². The molecule has 0 radical (unpaired) electrons. The molecule has 70 valence electrons. The van der Waals surface area contributed by atoms with Crippen molar-refractivity contribution in [2.75, 3.05) is 0 Å². The summed E-state index contributed by atoms with van der Waals surface area (Å²) >= 11 is 2.62. The molecule has 0 fully saturated rings. The summed E-state index contributed by atoms with van der Waals surface area (Å²) in [4.78, 5) is 0. The minimum atomic E-state index is -1.40. The van der Waals surface area contributed by atoms with Gasteiger partial charge < -0.3 is 5.21 Å². The van der Waals surface area contributed by atoms with Crippen LogP contribution in [-0.2, 0) is 0 Å². The standard InChI is InChI=1S/C7H3BrF3NO/c8-4-1-5(9)3(2-12-13)6(10)7(4)11/h1-2,13H. The van der Waals surface area contributed by atoms with Crippen LogP contribution in [0.25, 0.3) is 0 Å². The van der Waals surface area contributed by atoms with Gasteiger partial charge in [0, 0.05) is 0 Å². The van der Waals surface area contributed by atoms with Gasteiger partial charge in [0.1, 0.15) is 5.82 Å². The molecule has 1 aromatic carbocycles. The van der Waals surface area contributed by atoms with Gasteiger partial charge in [-0.3, -0.25) is 0 Å². The molecule has 6 heteroatoms. The molecule has 0 aromatic heterocycles. The van der Waals surface area contributed by atoms with Crippen LogP contribution in [0.3, 0.4) is 0 Å². The fourth-order valence-electron chi connectivity index (χ4n) is 0.756. The van der Waals surface area contributed by atoms with Crippen molar-refractivity contribution in [1.82, 2.24) is 0 Å². The minimum Gasteiger partial charge on any atom is -0.411 e. The van der Waals surface area contributed by atoms with Crippen molar-refractivity contribution >= 4 is 22.1 Å². The Kier molecular flexibility index (Phi) is 2.92. The van der Waals surface area contributed by atoms with Gasteiger partial charge in [-0.1, -0.05) is 5.16 Å². The summed E-state index contributed by atoms with van der Waals surface area (Å²) in [5.41, 5.74) is -0.719. The molecule has 0 aliphatic carbocycles. The zero-order chi connectivity index (χ0) is 10.0. The maximum atomic E-state index is 12.9. The number of hydrogen-bond donors (Lipinski definition) is 1. The van der Waals surface area contributed by atoms with Gasteiger partial charge in [0.25, 0.3) is 0 Å². The highest BCUT2D eigenvalue weighted by Crippen LogP contribution is 2.22. The first kappa shape index (κ1) is 10.0. The van der Waals surface area contributed by atoms with E-state index < -0.39 is 23.0 Å². The van der Waals surface area contributed by atoms with Crippen LogP contribution in [0, 0.1) is 17.5 Å². The molecule has 1 rings (SSSR count). The molecule has 1 aromatic rings. The summed E-state index contributed by atoms with van der Waals surface area (Å²) in [7, 11) is 0. The lowest BCUT2D eigenvalue weighted by atomic mass is 10.2. The minimum absolute atomic E-state index is 0.322. The molecule has 2 nitrogen and oxygen atoms in total. The fraction of sp³-hybridized carbons (Fsp3) is 0. The van der Waals surface area contributed by atoms with Gasteiger partial charge in [-0.25, -0.2) is 13.2 Å². The topological polar surface area (TPSA) is 32.6 Å². The lowest BCUT2D eigenvalue weighted by Gasteiger charge is -2.01. The molecule has 13 heavy (non-hydrogen) atoms. The first-order valence-corrected chi connectivity index (χ1v) is 3.87. The number of benzene rings is 1. The van der Waals surface area contributed by atoms with E-state index in [2.05, 4.69) is 21.1 Å². The number of oxime groups is 1.